The fourth-order valence-electron chi connectivity index (χ4n) is 2.30. The molecule has 0 saturated carbocycles. The van der Waals surface area contributed by atoms with E-state index in [9.17, 15) is 9.90 Å². The highest BCUT2D eigenvalue weighted by Gasteiger charge is 2.51. The molecular weight excluding hydrogens is 320 g/mol. The number of aromatic hydroxyl groups is 1. The number of benzene rings is 2. The predicted molar refractivity (Wildman–Crippen MR) is 90.8 cm³/mol. The summed E-state index contributed by atoms with van der Waals surface area (Å²) in [5, 5.41) is 20.2. The van der Waals surface area contributed by atoms with Gasteiger partial charge >= 0.3 is 5.97 Å². The van der Waals surface area contributed by atoms with Crippen LogP contribution in [0.4, 0.5) is 0 Å². The van der Waals surface area contributed by atoms with Crippen LogP contribution in [0.3, 0.4) is 0 Å². The van der Waals surface area contributed by atoms with Gasteiger partial charge in [0.2, 0.25) is 0 Å². The monoisotopic (exact) mass is 332 g/mol. The minimum absolute atomic E-state index is 0.0330. The normalized spacial score (nSPS) is 24.3. The van der Waals surface area contributed by atoms with Crippen LogP contribution in [-0.2, 0) is 0 Å². The Hall–Kier alpha value is -1.91. The quantitative estimate of drug-likeness (QED) is 0.600. The van der Waals surface area contributed by atoms with Gasteiger partial charge in [-0.15, -0.1) is 23.4 Å². The van der Waals surface area contributed by atoms with Crippen molar-refractivity contribution in [1.29, 1.82) is 0 Å². The molecule has 3 nitrogen and oxygen atoms in total. The van der Waals surface area contributed by atoms with Crippen LogP contribution in [0.5, 0.6) is 5.75 Å². The Balaban J connectivity index is 0.000000151. The van der Waals surface area contributed by atoms with Crippen molar-refractivity contribution in [2.45, 2.75) is 9.46 Å². The fourth-order valence-corrected chi connectivity index (χ4v) is 3.54. The predicted octanol–water partition coefficient (Wildman–Crippen LogP) is 4.41. The minimum Gasteiger partial charge on any atom is -0.507 e. The van der Waals surface area contributed by atoms with Crippen molar-refractivity contribution < 1.29 is 15.0 Å². The first kappa shape index (κ1) is 15.0. The Morgan fingerprint density at radius 3 is 2.59 bits per heavy atom. The Morgan fingerprint density at radius 2 is 1.95 bits per heavy atom. The molecule has 2 aromatic rings. The summed E-state index contributed by atoms with van der Waals surface area (Å²) >= 11 is 7.76. The number of hydrogen-bond acceptors (Lipinski definition) is 3. The molecule has 1 aliphatic heterocycles. The van der Waals surface area contributed by atoms with Gasteiger partial charge in [-0.25, -0.2) is 4.79 Å². The van der Waals surface area contributed by atoms with E-state index in [0.717, 1.165) is 5.39 Å². The molecule has 4 rings (SSSR count). The van der Waals surface area contributed by atoms with Gasteiger partial charge < -0.3 is 10.2 Å². The number of carboxylic acid groups (broad SMARTS) is 1. The summed E-state index contributed by atoms with van der Waals surface area (Å²) in [5.41, 5.74) is -0.0388. The molecule has 1 saturated heterocycles. The first-order valence-electron chi connectivity index (χ1n) is 6.68. The second kappa shape index (κ2) is 5.71. The summed E-state index contributed by atoms with van der Waals surface area (Å²) in [4.78, 5) is 10.9. The molecule has 112 valence electrons. The Labute approximate surface area is 136 Å². The lowest BCUT2D eigenvalue weighted by Gasteiger charge is -2.03. The zero-order valence-electron chi connectivity index (χ0n) is 11.4. The highest BCUT2D eigenvalue weighted by atomic mass is 35.5. The molecule has 0 amide bonds. The van der Waals surface area contributed by atoms with Crippen molar-refractivity contribution in [3.05, 3.63) is 66.3 Å². The summed E-state index contributed by atoms with van der Waals surface area (Å²) in [6.45, 7) is 0. The van der Waals surface area contributed by atoms with Crippen molar-refractivity contribution in [2.75, 3.05) is 0 Å². The van der Waals surface area contributed by atoms with Crippen LogP contribution in [0.15, 0.2) is 60.7 Å². The van der Waals surface area contributed by atoms with Crippen LogP contribution in [0.25, 0.3) is 10.8 Å². The van der Waals surface area contributed by atoms with E-state index in [1.54, 1.807) is 36.0 Å². The lowest BCUT2D eigenvalue weighted by molar-refractivity contribution is 0.0696. The van der Waals surface area contributed by atoms with Gasteiger partial charge in [-0.05, 0) is 16.8 Å². The smallest absolute Gasteiger partial charge is 0.340 e. The molecule has 2 aromatic carbocycles. The molecule has 2 unspecified atom stereocenters. The number of carbonyl (C=O) groups is 1. The average molecular weight is 333 g/mol. The third-order valence-corrected chi connectivity index (χ3v) is 5.52. The van der Waals surface area contributed by atoms with E-state index in [-0.39, 0.29) is 15.5 Å². The second-order valence-corrected chi connectivity index (χ2v) is 7.23. The maximum Gasteiger partial charge on any atom is 0.340 e. The number of phenols is 1. The maximum atomic E-state index is 10.9. The number of allylic oxidation sites excluding steroid dienone is 2. The number of alkyl halides is 1. The number of carboxylic acids is 1. The summed E-state index contributed by atoms with van der Waals surface area (Å²) in [6, 6.07) is 10.1. The SMILES string of the molecule is ClC12C=CC=CC1S2.O=C(O)c1c(O)ccc2ccccc12. The lowest BCUT2D eigenvalue weighted by atomic mass is 10.0. The summed E-state index contributed by atoms with van der Waals surface area (Å²) < 4.78 is -0.0330. The molecule has 0 radical (unpaired) electrons. The molecule has 0 bridgehead atoms. The topological polar surface area (TPSA) is 57.5 Å². The van der Waals surface area contributed by atoms with E-state index in [2.05, 4.69) is 6.08 Å². The van der Waals surface area contributed by atoms with Crippen LogP contribution in [0, 0.1) is 0 Å². The van der Waals surface area contributed by atoms with E-state index >= 15 is 0 Å². The molecule has 1 heterocycles. The van der Waals surface area contributed by atoms with Crippen molar-refractivity contribution in [1.82, 2.24) is 0 Å². The molecule has 0 spiro atoms. The van der Waals surface area contributed by atoms with Gasteiger partial charge in [-0.2, -0.15) is 0 Å². The van der Waals surface area contributed by atoms with Crippen molar-refractivity contribution >= 4 is 40.1 Å². The van der Waals surface area contributed by atoms with Crippen LogP contribution in [0.1, 0.15) is 10.4 Å². The van der Waals surface area contributed by atoms with E-state index in [0.29, 0.717) is 10.6 Å². The molecule has 2 aliphatic rings. The zero-order chi connectivity index (χ0) is 15.7. The molecule has 2 N–H and O–H groups in total. The first-order valence-corrected chi connectivity index (χ1v) is 7.94. The van der Waals surface area contributed by atoms with Gasteiger partial charge in [-0.1, -0.05) is 54.6 Å². The van der Waals surface area contributed by atoms with Crippen molar-refractivity contribution in [2.24, 2.45) is 0 Å². The van der Waals surface area contributed by atoms with E-state index in [1.807, 2.05) is 24.3 Å². The van der Waals surface area contributed by atoms with Crippen molar-refractivity contribution in [3.63, 3.8) is 0 Å². The molecule has 1 aliphatic carbocycles. The molecule has 5 heteroatoms. The van der Waals surface area contributed by atoms with Crippen molar-refractivity contribution in [3.8, 4) is 5.75 Å². The third kappa shape index (κ3) is 2.85. The average Bonchev–Trinajstić information content (AvgIpc) is 3.19. The molecular formula is C17H13ClO3S. The number of halogens is 1. The van der Waals surface area contributed by atoms with Crippen LogP contribution in [-0.4, -0.2) is 25.6 Å². The van der Waals surface area contributed by atoms with Gasteiger partial charge in [0.1, 0.15) is 15.5 Å². The zero-order valence-corrected chi connectivity index (χ0v) is 13.0. The van der Waals surface area contributed by atoms with E-state index < -0.39 is 5.97 Å². The molecule has 22 heavy (non-hydrogen) atoms. The third-order valence-electron chi connectivity index (χ3n) is 3.48. The maximum absolute atomic E-state index is 10.9. The molecule has 0 aromatic heterocycles. The Bertz CT molecular complexity index is 800. The van der Waals surface area contributed by atoms with Gasteiger partial charge in [0.25, 0.3) is 0 Å². The van der Waals surface area contributed by atoms with Crippen LogP contribution < -0.4 is 0 Å². The Kier molecular flexibility index (Phi) is 3.89. The fraction of sp³-hybridized carbons (Fsp3) is 0.118. The van der Waals surface area contributed by atoms with Crippen LogP contribution >= 0.6 is 23.4 Å². The van der Waals surface area contributed by atoms with E-state index in [4.69, 9.17) is 16.7 Å². The molecule has 2 atom stereocenters. The summed E-state index contributed by atoms with van der Waals surface area (Å²) in [5.74, 6) is -1.31. The Morgan fingerprint density at radius 1 is 1.18 bits per heavy atom. The number of thioether (sulfide) groups is 1. The van der Waals surface area contributed by atoms with Crippen LogP contribution in [0.2, 0.25) is 0 Å². The first-order chi connectivity index (χ1) is 10.5. The highest BCUT2D eigenvalue weighted by molar-refractivity contribution is 8.10. The largest absolute Gasteiger partial charge is 0.507 e. The lowest BCUT2D eigenvalue weighted by Crippen LogP contribution is -2.00. The van der Waals surface area contributed by atoms with Gasteiger partial charge in [-0.3, -0.25) is 0 Å². The number of fused-ring (bicyclic) bond motifs is 2. The standard InChI is InChI=1S/C11H8O3.C6H5ClS/c12-9-6-5-7-3-1-2-4-8(7)10(9)11(13)14;7-6-4-2-1-3-5(6)8-6/h1-6,12H,(H,13,14);1-5H. The van der Waals surface area contributed by atoms with E-state index in [1.165, 1.54) is 6.07 Å². The minimum atomic E-state index is -1.11. The number of hydrogen-bond donors (Lipinski definition) is 2. The van der Waals surface area contributed by atoms with Gasteiger partial charge in [0.05, 0.1) is 5.25 Å². The highest BCUT2D eigenvalue weighted by Crippen LogP contribution is 2.59. The second-order valence-electron chi connectivity index (χ2n) is 4.97. The van der Waals surface area contributed by atoms with Gasteiger partial charge in [0, 0.05) is 0 Å². The van der Waals surface area contributed by atoms with Gasteiger partial charge in [0.15, 0.2) is 0 Å². The summed E-state index contributed by atoms with van der Waals surface area (Å²) in [6.07, 6.45) is 8.23. The number of rotatable bonds is 1. The number of aromatic carboxylic acids is 1. The molecule has 1 fully saturated rings. The summed E-state index contributed by atoms with van der Waals surface area (Å²) in [7, 11) is 0.